The summed E-state index contributed by atoms with van der Waals surface area (Å²) in [7, 11) is 3.07. The Bertz CT molecular complexity index is 623. The van der Waals surface area contributed by atoms with Gasteiger partial charge in [0.1, 0.15) is 5.75 Å². The summed E-state index contributed by atoms with van der Waals surface area (Å²) in [6.07, 6.45) is 0. The molecular formula is C16H19NO5. The summed E-state index contributed by atoms with van der Waals surface area (Å²) in [5, 5.41) is 10.1. The Balaban J connectivity index is 2.48. The highest BCUT2D eigenvalue weighted by Crippen LogP contribution is 2.38. The fourth-order valence-corrected chi connectivity index (χ4v) is 2.59. The van der Waals surface area contributed by atoms with Gasteiger partial charge in [0.05, 0.1) is 25.3 Å². The molecule has 0 radical (unpaired) electrons. The van der Waals surface area contributed by atoms with Crippen LogP contribution in [0.4, 0.5) is 0 Å². The van der Waals surface area contributed by atoms with Crippen molar-refractivity contribution in [1.82, 2.24) is 4.90 Å². The van der Waals surface area contributed by atoms with Crippen molar-refractivity contribution in [3.05, 3.63) is 41.2 Å². The predicted octanol–water partition coefficient (Wildman–Crippen LogP) is 1.63. The number of ketones is 1. The summed E-state index contributed by atoms with van der Waals surface area (Å²) in [6.45, 7) is 1.93. The average Bonchev–Trinajstić information content (AvgIpc) is 2.77. The molecule has 0 spiro atoms. The van der Waals surface area contributed by atoms with Gasteiger partial charge >= 0.3 is 0 Å². The van der Waals surface area contributed by atoms with Crippen molar-refractivity contribution >= 4 is 11.7 Å². The van der Waals surface area contributed by atoms with Crippen molar-refractivity contribution < 1.29 is 24.2 Å². The Morgan fingerprint density at radius 3 is 2.68 bits per heavy atom. The topological polar surface area (TPSA) is 76.1 Å². The molecule has 0 bridgehead atoms. The van der Waals surface area contributed by atoms with E-state index in [1.165, 1.54) is 18.9 Å². The minimum Gasteiger partial charge on any atom is -0.503 e. The van der Waals surface area contributed by atoms with Crippen LogP contribution in [0.2, 0.25) is 0 Å². The van der Waals surface area contributed by atoms with Gasteiger partial charge in [0.2, 0.25) is 0 Å². The van der Waals surface area contributed by atoms with Crippen LogP contribution in [-0.2, 0) is 14.3 Å². The minimum atomic E-state index is -0.629. The highest BCUT2D eigenvalue weighted by atomic mass is 16.5. The lowest BCUT2D eigenvalue weighted by Gasteiger charge is -2.26. The number of carbonyl (C=O) groups is 2. The molecule has 1 atom stereocenters. The lowest BCUT2D eigenvalue weighted by molar-refractivity contribution is -0.130. The van der Waals surface area contributed by atoms with E-state index in [4.69, 9.17) is 9.47 Å². The standard InChI is InChI=1S/C16H19NO5/c1-10(18)13-14(11-5-4-6-12(9-11)22-3)17(7-8-21-2)16(20)15(13)19/h4-6,9,14,19H,7-8H2,1-3H3. The van der Waals surface area contributed by atoms with Crippen molar-refractivity contribution in [3.63, 3.8) is 0 Å². The second-order valence-corrected chi connectivity index (χ2v) is 4.99. The van der Waals surface area contributed by atoms with Gasteiger partial charge < -0.3 is 19.5 Å². The third-order valence-electron chi connectivity index (χ3n) is 3.63. The number of aliphatic hydroxyl groups is 1. The number of hydrogen-bond acceptors (Lipinski definition) is 5. The Morgan fingerprint density at radius 2 is 2.09 bits per heavy atom. The second-order valence-electron chi connectivity index (χ2n) is 4.99. The maximum absolute atomic E-state index is 12.2. The number of hydrogen-bond donors (Lipinski definition) is 1. The number of Topliss-reactive ketones (excluding diaryl/α,β-unsaturated/α-hetero) is 1. The summed E-state index contributed by atoms with van der Waals surface area (Å²) in [4.78, 5) is 25.6. The number of benzene rings is 1. The van der Waals surface area contributed by atoms with Gasteiger partial charge in [-0.15, -0.1) is 0 Å². The number of nitrogens with zero attached hydrogens (tertiary/aromatic N) is 1. The molecule has 1 aliphatic heterocycles. The molecule has 0 aliphatic carbocycles. The van der Waals surface area contributed by atoms with E-state index in [2.05, 4.69) is 0 Å². The molecule has 1 N–H and O–H groups in total. The molecule has 0 fully saturated rings. The van der Waals surface area contributed by atoms with Crippen LogP contribution >= 0.6 is 0 Å². The van der Waals surface area contributed by atoms with E-state index in [0.717, 1.165) is 0 Å². The van der Waals surface area contributed by atoms with Gasteiger partial charge in [-0.25, -0.2) is 0 Å². The molecule has 1 aromatic rings. The summed E-state index contributed by atoms with van der Waals surface area (Å²) < 4.78 is 10.2. The second kappa shape index (κ2) is 6.62. The Labute approximate surface area is 128 Å². The summed E-state index contributed by atoms with van der Waals surface area (Å²) >= 11 is 0. The molecule has 6 nitrogen and oxygen atoms in total. The van der Waals surface area contributed by atoms with E-state index in [1.54, 1.807) is 31.4 Å². The van der Waals surface area contributed by atoms with Crippen LogP contribution < -0.4 is 4.74 Å². The van der Waals surface area contributed by atoms with Gasteiger partial charge in [-0.3, -0.25) is 9.59 Å². The van der Waals surface area contributed by atoms with Crippen LogP contribution in [0.25, 0.3) is 0 Å². The first-order chi connectivity index (χ1) is 10.5. The smallest absolute Gasteiger partial charge is 0.290 e. The lowest BCUT2D eigenvalue weighted by Crippen LogP contribution is -2.33. The highest BCUT2D eigenvalue weighted by Gasteiger charge is 2.42. The number of aliphatic hydroxyl groups excluding tert-OH is 1. The molecular weight excluding hydrogens is 286 g/mol. The van der Waals surface area contributed by atoms with Crippen molar-refractivity contribution in [2.24, 2.45) is 0 Å². The zero-order valence-corrected chi connectivity index (χ0v) is 12.8. The molecule has 22 heavy (non-hydrogen) atoms. The van der Waals surface area contributed by atoms with Gasteiger partial charge in [0.15, 0.2) is 11.5 Å². The maximum Gasteiger partial charge on any atom is 0.290 e. The minimum absolute atomic E-state index is 0.106. The molecule has 1 aliphatic rings. The predicted molar refractivity (Wildman–Crippen MR) is 79.7 cm³/mol. The molecule has 1 amide bonds. The summed E-state index contributed by atoms with van der Waals surface area (Å²) in [6, 6.07) is 6.47. The van der Waals surface area contributed by atoms with E-state index < -0.39 is 17.7 Å². The molecule has 6 heteroatoms. The molecule has 0 saturated heterocycles. The van der Waals surface area contributed by atoms with Crippen molar-refractivity contribution in [3.8, 4) is 5.75 Å². The van der Waals surface area contributed by atoms with E-state index in [1.807, 2.05) is 0 Å². The van der Waals surface area contributed by atoms with Crippen LogP contribution in [0.5, 0.6) is 5.75 Å². The zero-order chi connectivity index (χ0) is 16.3. The van der Waals surface area contributed by atoms with Crippen molar-refractivity contribution in [1.29, 1.82) is 0 Å². The fourth-order valence-electron chi connectivity index (χ4n) is 2.59. The molecule has 0 aromatic heterocycles. The largest absolute Gasteiger partial charge is 0.503 e. The lowest BCUT2D eigenvalue weighted by atomic mass is 9.96. The number of carbonyl (C=O) groups excluding carboxylic acids is 2. The first kappa shape index (κ1) is 16.0. The van der Waals surface area contributed by atoms with Crippen LogP contribution in [0.3, 0.4) is 0 Å². The third kappa shape index (κ3) is 2.82. The number of amides is 1. The van der Waals surface area contributed by atoms with Crippen LogP contribution in [0.15, 0.2) is 35.6 Å². The zero-order valence-electron chi connectivity index (χ0n) is 12.8. The van der Waals surface area contributed by atoms with Crippen molar-refractivity contribution in [2.75, 3.05) is 27.4 Å². The number of methoxy groups -OCH3 is 2. The Hall–Kier alpha value is -2.34. The fraction of sp³-hybridized carbons (Fsp3) is 0.375. The molecule has 1 unspecified atom stereocenters. The van der Waals surface area contributed by atoms with Crippen LogP contribution in [0, 0.1) is 0 Å². The van der Waals surface area contributed by atoms with E-state index >= 15 is 0 Å². The monoisotopic (exact) mass is 305 g/mol. The van der Waals surface area contributed by atoms with Gasteiger partial charge in [-0.2, -0.15) is 0 Å². The van der Waals surface area contributed by atoms with Gasteiger partial charge in [0.25, 0.3) is 5.91 Å². The van der Waals surface area contributed by atoms with Gasteiger partial charge in [-0.1, -0.05) is 12.1 Å². The highest BCUT2D eigenvalue weighted by molar-refractivity contribution is 6.08. The molecule has 1 heterocycles. The summed E-state index contributed by atoms with van der Waals surface area (Å²) in [5.41, 5.74) is 0.812. The first-order valence-corrected chi connectivity index (χ1v) is 6.89. The average molecular weight is 305 g/mol. The van der Waals surface area contributed by atoms with Crippen LogP contribution in [0.1, 0.15) is 18.5 Å². The van der Waals surface area contributed by atoms with Crippen LogP contribution in [-0.4, -0.2) is 49.1 Å². The summed E-state index contributed by atoms with van der Waals surface area (Å²) in [5.74, 6) is -0.768. The van der Waals surface area contributed by atoms with E-state index in [-0.39, 0.29) is 17.9 Å². The first-order valence-electron chi connectivity index (χ1n) is 6.89. The van der Waals surface area contributed by atoms with Crippen molar-refractivity contribution in [2.45, 2.75) is 13.0 Å². The SMILES string of the molecule is COCCN1C(=O)C(O)=C(C(C)=O)C1c1cccc(OC)c1. The molecule has 0 saturated carbocycles. The van der Waals surface area contributed by atoms with Gasteiger partial charge in [0, 0.05) is 13.7 Å². The molecule has 118 valence electrons. The Morgan fingerprint density at radius 1 is 1.36 bits per heavy atom. The number of ether oxygens (including phenoxy) is 2. The van der Waals surface area contributed by atoms with E-state index in [9.17, 15) is 14.7 Å². The third-order valence-corrected chi connectivity index (χ3v) is 3.63. The van der Waals surface area contributed by atoms with Gasteiger partial charge in [-0.05, 0) is 24.6 Å². The number of rotatable bonds is 6. The van der Waals surface area contributed by atoms with E-state index in [0.29, 0.717) is 17.9 Å². The molecule has 1 aromatic carbocycles. The maximum atomic E-state index is 12.2. The normalized spacial score (nSPS) is 18.0. The Kier molecular flexibility index (Phi) is 4.82. The quantitative estimate of drug-likeness (QED) is 0.864. The molecule has 2 rings (SSSR count).